The summed E-state index contributed by atoms with van der Waals surface area (Å²) >= 11 is 1.39. The topological polar surface area (TPSA) is 306 Å². The minimum Gasteiger partial charge on any atom is -0.481 e. The Morgan fingerprint density at radius 3 is 1.93 bits per heavy atom. The van der Waals surface area contributed by atoms with Gasteiger partial charge < -0.3 is 41.5 Å². The van der Waals surface area contributed by atoms with Crippen LogP contribution in [-0.2, 0) is 67.4 Å². The molecule has 4 atom stereocenters. The van der Waals surface area contributed by atoms with Gasteiger partial charge in [-0.15, -0.1) is 11.8 Å². The first kappa shape index (κ1) is 80.8. The van der Waals surface area contributed by atoms with E-state index in [2.05, 4.69) is 126 Å². The van der Waals surface area contributed by atoms with Crippen molar-refractivity contribution in [3.05, 3.63) is 178 Å². The van der Waals surface area contributed by atoms with Gasteiger partial charge in [-0.25, -0.2) is 14.4 Å². The molecular weight excluding hydrogens is 1330 g/mol. The standard InChI is InChI=1S/C80H104N6O14S2/c1-6-7-24-49-85-67-38-22-20-36-62(67)79(2,3)70(85)46-42-58-33-27-34-59(43-47-71-80(4,5)63-37-21-23-39-68(63)86(71)50-25-26-51-102(98,99)100)74(58)101-55-66(77(95)96)83-75(92)60(52-56-29-14-12-15-30-56)54-69(88)65(53-57-31-16-13-17-32-57)82-72(89)40-19-11-9-8-10-18-35-61(87)44-45-64(76(93)94)84-78(97)81-48-28-41-73(90)91/h12-17,20-23,29-32,36-39,42-43,46-47,60,64-66H,6-11,18-19,24-28,33-35,40-41,44-45,48-55H2,1-5H3,(H7-,81,82,83,84,89,90,91,92,93,94,95,96,97,98,99,100)/p+1/t60-,64+,65+,66+/m1/s1. The maximum absolute atomic E-state index is 15.0. The fraction of sp³-hybridized carbons (Fsp3) is 0.487. The average molecular weight is 1440 g/mol. The van der Waals surface area contributed by atoms with Crippen molar-refractivity contribution >= 4 is 86.3 Å². The van der Waals surface area contributed by atoms with E-state index in [-0.39, 0.29) is 105 Å². The van der Waals surface area contributed by atoms with Crippen LogP contribution >= 0.6 is 11.8 Å². The molecule has 3 aliphatic rings. The lowest BCUT2D eigenvalue weighted by molar-refractivity contribution is -0.438. The van der Waals surface area contributed by atoms with Crippen LogP contribution in [0.5, 0.6) is 0 Å². The Hall–Kier alpha value is -8.47. The maximum atomic E-state index is 15.0. The van der Waals surface area contributed by atoms with Crippen LogP contribution in [0.25, 0.3) is 0 Å². The van der Waals surface area contributed by atoms with Gasteiger partial charge in [0.25, 0.3) is 10.1 Å². The van der Waals surface area contributed by atoms with E-state index < -0.39 is 69.4 Å². The molecule has 4 amide bonds. The minimum absolute atomic E-state index is 0.0371. The number of carboxylic acid groups (broad SMARTS) is 3. The number of rotatable bonds is 44. The summed E-state index contributed by atoms with van der Waals surface area (Å²) in [6.45, 7) is 12.5. The highest BCUT2D eigenvalue weighted by molar-refractivity contribution is 8.03. The predicted molar refractivity (Wildman–Crippen MR) is 401 cm³/mol. The van der Waals surface area contributed by atoms with Gasteiger partial charge in [0.15, 0.2) is 11.5 Å². The monoisotopic (exact) mass is 1440 g/mol. The quantitative estimate of drug-likeness (QED) is 0.0116. The molecule has 102 heavy (non-hydrogen) atoms. The highest BCUT2D eigenvalue weighted by Crippen LogP contribution is 2.49. The van der Waals surface area contributed by atoms with Crippen LogP contribution in [-0.4, -0.2) is 135 Å². The third kappa shape index (κ3) is 24.6. The number of carbonyl (C=O) groups is 8. The molecule has 1 aliphatic carbocycles. The number of allylic oxidation sites excluding steroid dienone is 7. The molecule has 0 fully saturated rings. The highest BCUT2D eigenvalue weighted by Gasteiger charge is 2.44. The number of carboxylic acids is 3. The molecule has 4 aromatic rings. The van der Waals surface area contributed by atoms with Crippen molar-refractivity contribution in [3.63, 3.8) is 0 Å². The Kier molecular flexibility index (Phi) is 31.6. The molecule has 4 aromatic carbocycles. The molecule has 8 N–H and O–H groups in total. The number of carbonyl (C=O) groups excluding carboxylic acids is 5. The van der Waals surface area contributed by atoms with Crippen molar-refractivity contribution in [2.24, 2.45) is 5.92 Å². The van der Waals surface area contributed by atoms with E-state index in [0.717, 1.165) is 95.6 Å². The van der Waals surface area contributed by atoms with E-state index in [1.165, 1.54) is 28.7 Å². The number of thioether (sulfide) groups is 1. The molecule has 550 valence electrons. The Morgan fingerprint density at radius 1 is 0.627 bits per heavy atom. The summed E-state index contributed by atoms with van der Waals surface area (Å²) in [5.74, 6) is -6.38. The first-order chi connectivity index (χ1) is 48.8. The summed E-state index contributed by atoms with van der Waals surface area (Å²) in [6, 6.07) is 30.8. The van der Waals surface area contributed by atoms with Crippen LogP contribution in [0.3, 0.4) is 0 Å². The average Bonchev–Trinajstić information content (AvgIpc) is 1.60. The van der Waals surface area contributed by atoms with Crippen molar-refractivity contribution in [1.82, 2.24) is 21.3 Å². The molecule has 20 nitrogen and oxygen atoms in total. The Morgan fingerprint density at radius 2 is 1.26 bits per heavy atom. The first-order valence-electron chi connectivity index (χ1n) is 36.2. The highest BCUT2D eigenvalue weighted by atomic mass is 32.2. The molecule has 0 radical (unpaired) electrons. The van der Waals surface area contributed by atoms with Crippen LogP contribution in [0.2, 0.25) is 0 Å². The van der Waals surface area contributed by atoms with Gasteiger partial charge in [0.2, 0.25) is 17.5 Å². The molecule has 2 heterocycles. The van der Waals surface area contributed by atoms with Crippen LogP contribution in [0.1, 0.15) is 192 Å². The summed E-state index contributed by atoms with van der Waals surface area (Å²) in [5, 5.41) is 40.1. The maximum Gasteiger partial charge on any atom is 0.327 e. The summed E-state index contributed by atoms with van der Waals surface area (Å²) in [6.07, 6.45) is 19.3. The number of nitrogens with zero attached hydrogens (tertiary/aromatic N) is 2. The number of para-hydroxylation sites is 2. The Labute approximate surface area is 606 Å². The fourth-order valence-electron chi connectivity index (χ4n) is 13.8. The largest absolute Gasteiger partial charge is 0.481 e. The van der Waals surface area contributed by atoms with Crippen molar-refractivity contribution < 1.29 is 71.2 Å². The fourth-order valence-corrected chi connectivity index (χ4v) is 15.6. The second-order valence-corrected chi connectivity index (χ2v) is 30.6. The second kappa shape index (κ2) is 39.8. The summed E-state index contributed by atoms with van der Waals surface area (Å²) in [7, 11) is -4.14. The number of amides is 4. The normalized spacial score (nSPS) is 16.7. The van der Waals surface area contributed by atoms with Gasteiger partial charge in [0.1, 0.15) is 24.4 Å². The number of ketones is 2. The Bertz CT molecular complexity index is 3840. The smallest absolute Gasteiger partial charge is 0.327 e. The third-order valence-corrected chi connectivity index (χ3v) is 21.5. The van der Waals surface area contributed by atoms with Crippen molar-refractivity contribution in [1.29, 1.82) is 0 Å². The number of fused-ring (bicyclic) bond motifs is 2. The van der Waals surface area contributed by atoms with Crippen molar-refractivity contribution in [2.75, 3.05) is 36.0 Å². The minimum atomic E-state index is -4.14. The van der Waals surface area contributed by atoms with E-state index in [0.29, 0.717) is 45.1 Å². The van der Waals surface area contributed by atoms with Crippen LogP contribution in [0.4, 0.5) is 16.2 Å². The van der Waals surface area contributed by atoms with E-state index in [1.54, 1.807) is 0 Å². The zero-order chi connectivity index (χ0) is 73.8. The lowest BCUT2D eigenvalue weighted by Gasteiger charge is -2.28. The number of unbranched alkanes of at least 4 members (excludes halogenated alkanes) is 8. The van der Waals surface area contributed by atoms with Crippen LogP contribution in [0.15, 0.2) is 155 Å². The van der Waals surface area contributed by atoms with E-state index in [9.17, 15) is 61.5 Å². The van der Waals surface area contributed by atoms with E-state index in [4.69, 9.17) is 5.11 Å². The second-order valence-electron chi connectivity index (χ2n) is 28.0. The molecule has 22 heteroatoms. The van der Waals surface area contributed by atoms with E-state index in [1.807, 2.05) is 72.8 Å². The molecule has 0 saturated heterocycles. The van der Waals surface area contributed by atoms with Gasteiger partial charge in [-0.1, -0.05) is 162 Å². The van der Waals surface area contributed by atoms with Gasteiger partial charge in [-0.2, -0.15) is 13.0 Å². The van der Waals surface area contributed by atoms with Crippen LogP contribution < -0.4 is 26.2 Å². The Balaban J connectivity index is 1.06. The number of hydrogen-bond acceptors (Lipinski definition) is 12. The van der Waals surface area contributed by atoms with Gasteiger partial charge in [0, 0.05) is 103 Å². The molecule has 0 saturated carbocycles. The lowest BCUT2D eigenvalue weighted by atomic mass is 9.81. The van der Waals surface area contributed by atoms with Gasteiger partial charge in [0.05, 0.1) is 17.2 Å². The molecule has 0 bridgehead atoms. The number of aliphatic carboxylic acids is 3. The number of anilines is 1. The molecular formula is C80H105N6O14S2+. The van der Waals surface area contributed by atoms with Crippen molar-refractivity contribution in [2.45, 2.75) is 211 Å². The van der Waals surface area contributed by atoms with Crippen LogP contribution in [0, 0.1) is 5.92 Å². The SMILES string of the molecule is CCCCC[N+]1=C(C=CC2=C(SC[C@H](NC(=O)[C@@H](CC(=O)[C@H](Cc3ccccc3)NC(=O)CCCCCCCCC(=O)CC[C@H](NC(=O)NCCCC(=O)O)C(=O)O)Cc3ccccc3)C(=O)O)C(=CC=C3N(CCCCS(=O)(=O)O)c4ccccc4C3(C)C)CCC2)C(C)(C)c2ccccc21. The molecule has 2 aliphatic heterocycles. The lowest BCUT2D eigenvalue weighted by Crippen LogP contribution is -2.48. The number of urea groups is 1. The molecule has 0 spiro atoms. The van der Waals surface area contributed by atoms with Gasteiger partial charge in [-0.3, -0.25) is 28.5 Å². The third-order valence-electron chi connectivity index (χ3n) is 19.4. The number of hydrogen-bond donors (Lipinski definition) is 8. The number of Topliss-reactive ketones (excluding diaryl/α,β-unsaturated/α-hetero) is 2. The summed E-state index contributed by atoms with van der Waals surface area (Å²) in [4.78, 5) is 108. The zero-order valence-electron chi connectivity index (χ0n) is 59.9. The van der Waals surface area contributed by atoms with E-state index >= 15 is 0 Å². The van der Waals surface area contributed by atoms with Gasteiger partial charge >= 0.3 is 23.9 Å². The van der Waals surface area contributed by atoms with Gasteiger partial charge in [-0.05, 0) is 131 Å². The summed E-state index contributed by atoms with van der Waals surface area (Å²) in [5.41, 5.74) is 9.58. The zero-order valence-corrected chi connectivity index (χ0v) is 61.5. The number of nitrogens with one attached hydrogen (secondary N) is 4. The summed E-state index contributed by atoms with van der Waals surface area (Å²) < 4.78 is 35.5. The molecule has 0 aromatic heterocycles. The predicted octanol–water partition coefficient (Wildman–Crippen LogP) is 13.5. The molecule has 7 rings (SSSR count). The first-order valence-corrected chi connectivity index (χ1v) is 38.8. The molecule has 0 unspecified atom stereocenters. The van der Waals surface area contributed by atoms with Crippen molar-refractivity contribution in [3.8, 4) is 0 Å². The number of benzene rings is 4.